The van der Waals surface area contributed by atoms with Gasteiger partial charge in [0.05, 0.1) is 37.6 Å². The van der Waals surface area contributed by atoms with Crippen LogP contribution in [0.25, 0.3) is 0 Å². The van der Waals surface area contributed by atoms with E-state index in [1.165, 1.54) is 12.1 Å². The summed E-state index contributed by atoms with van der Waals surface area (Å²) in [5, 5.41) is 17.6. The Labute approximate surface area is 159 Å². The average molecular weight is 372 g/mol. The van der Waals surface area contributed by atoms with Gasteiger partial charge in [0.2, 0.25) is 5.91 Å². The van der Waals surface area contributed by atoms with E-state index in [0.29, 0.717) is 26.2 Å². The molecular formula is C20H25FN4O2. The van der Waals surface area contributed by atoms with Gasteiger partial charge in [-0.25, -0.2) is 4.39 Å². The average Bonchev–Trinajstić information content (AvgIpc) is 3.14. The lowest BCUT2D eigenvalue weighted by Gasteiger charge is -2.28. The van der Waals surface area contributed by atoms with Crippen LogP contribution in [0.1, 0.15) is 31.2 Å². The third-order valence-electron chi connectivity index (χ3n) is 4.48. The second-order valence-corrected chi connectivity index (χ2v) is 6.63. The van der Waals surface area contributed by atoms with Gasteiger partial charge in [-0.3, -0.25) is 9.69 Å². The van der Waals surface area contributed by atoms with E-state index < -0.39 is 0 Å². The number of rotatable bonds is 10. The number of nitriles is 2. The van der Waals surface area contributed by atoms with Crippen LogP contribution in [0.5, 0.6) is 0 Å². The van der Waals surface area contributed by atoms with Crippen LogP contribution in [-0.4, -0.2) is 54.6 Å². The Morgan fingerprint density at radius 3 is 2.59 bits per heavy atom. The standard InChI is InChI=1S/C20H25FN4O2/c21-18-6-1-5-17(13-18)14-24(15-19-7-2-12-27-19)16-20(26)25(10-3-8-22)11-4-9-23/h1,5-6,13,19H,2-4,7,10-12,14-16H2/t19-/m1/s1. The summed E-state index contributed by atoms with van der Waals surface area (Å²) in [5.74, 6) is -0.435. The first-order valence-electron chi connectivity index (χ1n) is 9.22. The minimum Gasteiger partial charge on any atom is -0.377 e. The molecule has 1 amide bonds. The molecule has 0 unspecified atom stereocenters. The lowest BCUT2D eigenvalue weighted by atomic mass is 10.1. The Hall–Kier alpha value is -2.48. The maximum Gasteiger partial charge on any atom is 0.236 e. The van der Waals surface area contributed by atoms with E-state index in [0.717, 1.165) is 25.0 Å². The van der Waals surface area contributed by atoms with E-state index in [4.69, 9.17) is 15.3 Å². The van der Waals surface area contributed by atoms with Gasteiger partial charge in [-0.05, 0) is 30.5 Å². The van der Waals surface area contributed by atoms with Gasteiger partial charge in [0.1, 0.15) is 5.82 Å². The number of hydrogen-bond donors (Lipinski definition) is 0. The lowest BCUT2D eigenvalue weighted by Crippen LogP contribution is -2.43. The van der Waals surface area contributed by atoms with Gasteiger partial charge in [-0.1, -0.05) is 12.1 Å². The van der Waals surface area contributed by atoms with Crippen molar-refractivity contribution in [2.24, 2.45) is 0 Å². The second-order valence-electron chi connectivity index (χ2n) is 6.63. The molecule has 0 radical (unpaired) electrons. The summed E-state index contributed by atoms with van der Waals surface area (Å²) < 4.78 is 19.2. The molecule has 0 N–H and O–H groups in total. The first-order valence-corrected chi connectivity index (χ1v) is 9.22. The van der Waals surface area contributed by atoms with Crippen LogP contribution < -0.4 is 0 Å². The maximum atomic E-state index is 13.5. The fraction of sp³-hybridized carbons (Fsp3) is 0.550. The molecular weight excluding hydrogens is 347 g/mol. The fourth-order valence-corrected chi connectivity index (χ4v) is 3.18. The van der Waals surface area contributed by atoms with E-state index in [-0.39, 0.29) is 37.2 Å². The van der Waals surface area contributed by atoms with Crippen LogP contribution in [0, 0.1) is 28.5 Å². The zero-order valence-corrected chi connectivity index (χ0v) is 15.4. The smallest absolute Gasteiger partial charge is 0.236 e. The van der Waals surface area contributed by atoms with Crippen LogP contribution in [0.15, 0.2) is 24.3 Å². The van der Waals surface area contributed by atoms with Crippen molar-refractivity contribution in [3.05, 3.63) is 35.6 Å². The monoisotopic (exact) mass is 372 g/mol. The summed E-state index contributed by atoms with van der Waals surface area (Å²) in [6.45, 7) is 2.52. The molecule has 6 nitrogen and oxygen atoms in total. The molecule has 1 saturated heterocycles. The molecule has 0 aliphatic carbocycles. The molecule has 0 spiro atoms. The second kappa shape index (κ2) is 11.3. The molecule has 1 aromatic rings. The van der Waals surface area contributed by atoms with Crippen LogP contribution in [-0.2, 0) is 16.1 Å². The quantitative estimate of drug-likeness (QED) is 0.630. The van der Waals surface area contributed by atoms with E-state index in [2.05, 4.69) is 0 Å². The largest absolute Gasteiger partial charge is 0.377 e. The fourth-order valence-electron chi connectivity index (χ4n) is 3.18. The predicted molar refractivity (Wildman–Crippen MR) is 97.7 cm³/mol. The number of carbonyl (C=O) groups is 1. The van der Waals surface area contributed by atoms with Gasteiger partial charge >= 0.3 is 0 Å². The Morgan fingerprint density at radius 2 is 2.00 bits per heavy atom. The highest BCUT2D eigenvalue weighted by atomic mass is 19.1. The van der Waals surface area contributed by atoms with Crippen LogP contribution >= 0.6 is 0 Å². The van der Waals surface area contributed by atoms with Crippen molar-refractivity contribution in [3.8, 4) is 12.1 Å². The van der Waals surface area contributed by atoms with Crippen LogP contribution in [0.3, 0.4) is 0 Å². The van der Waals surface area contributed by atoms with Crippen molar-refractivity contribution < 1.29 is 13.9 Å². The number of ether oxygens (including phenoxy) is 1. The number of amides is 1. The first kappa shape index (κ1) is 20.8. The summed E-state index contributed by atoms with van der Waals surface area (Å²) in [6, 6.07) is 10.4. The highest BCUT2D eigenvalue weighted by Gasteiger charge is 2.23. The Bertz CT molecular complexity index is 674. The molecule has 27 heavy (non-hydrogen) atoms. The Morgan fingerprint density at radius 1 is 1.26 bits per heavy atom. The van der Waals surface area contributed by atoms with Gasteiger partial charge < -0.3 is 9.64 Å². The highest BCUT2D eigenvalue weighted by Crippen LogP contribution is 2.16. The summed E-state index contributed by atoms with van der Waals surface area (Å²) >= 11 is 0. The molecule has 1 atom stereocenters. The molecule has 1 aromatic carbocycles. The highest BCUT2D eigenvalue weighted by molar-refractivity contribution is 5.78. The molecule has 0 saturated carbocycles. The number of benzene rings is 1. The van der Waals surface area contributed by atoms with Gasteiger partial charge in [0, 0.05) is 32.8 Å². The third kappa shape index (κ3) is 7.34. The summed E-state index contributed by atoms with van der Waals surface area (Å²) in [4.78, 5) is 16.3. The molecule has 144 valence electrons. The van der Waals surface area contributed by atoms with Crippen molar-refractivity contribution in [1.82, 2.24) is 9.80 Å². The number of carbonyl (C=O) groups excluding carboxylic acids is 1. The van der Waals surface area contributed by atoms with E-state index >= 15 is 0 Å². The van der Waals surface area contributed by atoms with Gasteiger partial charge in [0.15, 0.2) is 0 Å². The van der Waals surface area contributed by atoms with Crippen molar-refractivity contribution in [2.45, 2.75) is 38.3 Å². The Balaban J connectivity index is 2.04. The Kier molecular flexibility index (Phi) is 8.70. The maximum absolute atomic E-state index is 13.5. The summed E-state index contributed by atoms with van der Waals surface area (Å²) in [7, 11) is 0. The summed E-state index contributed by atoms with van der Waals surface area (Å²) in [6.07, 6.45) is 2.47. The molecule has 0 aromatic heterocycles. The van der Waals surface area contributed by atoms with Gasteiger partial charge in [-0.15, -0.1) is 0 Å². The molecule has 1 aliphatic rings. The molecule has 2 rings (SSSR count). The zero-order valence-electron chi connectivity index (χ0n) is 15.4. The molecule has 1 aliphatic heterocycles. The van der Waals surface area contributed by atoms with Gasteiger partial charge in [-0.2, -0.15) is 10.5 Å². The topological polar surface area (TPSA) is 80.4 Å². The molecule has 0 bridgehead atoms. The van der Waals surface area contributed by atoms with Crippen molar-refractivity contribution in [2.75, 3.05) is 32.8 Å². The first-order chi connectivity index (χ1) is 13.1. The molecule has 7 heteroatoms. The predicted octanol–water partition coefficient (Wildman–Crippen LogP) is 2.46. The normalized spacial score (nSPS) is 16.1. The SMILES string of the molecule is N#CCCN(CCC#N)C(=O)CN(Cc1cccc(F)c1)C[C@H]1CCCO1. The number of nitrogens with zero attached hydrogens (tertiary/aromatic N) is 4. The third-order valence-corrected chi connectivity index (χ3v) is 4.48. The number of halogens is 1. The zero-order chi connectivity index (χ0) is 19.5. The minimum absolute atomic E-state index is 0.0676. The van der Waals surface area contributed by atoms with E-state index in [9.17, 15) is 9.18 Å². The molecule has 1 heterocycles. The van der Waals surface area contributed by atoms with Crippen molar-refractivity contribution in [1.29, 1.82) is 10.5 Å². The summed E-state index contributed by atoms with van der Waals surface area (Å²) in [5.41, 5.74) is 0.793. The molecule has 1 fully saturated rings. The van der Waals surface area contributed by atoms with Crippen molar-refractivity contribution in [3.63, 3.8) is 0 Å². The van der Waals surface area contributed by atoms with E-state index in [1.54, 1.807) is 11.0 Å². The van der Waals surface area contributed by atoms with Crippen LogP contribution in [0.2, 0.25) is 0 Å². The van der Waals surface area contributed by atoms with E-state index in [1.807, 2.05) is 23.1 Å². The lowest BCUT2D eigenvalue weighted by molar-refractivity contribution is -0.132. The van der Waals surface area contributed by atoms with Crippen LogP contribution in [0.4, 0.5) is 4.39 Å². The minimum atomic E-state index is -0.305. The number of hydrogen-bond acceptors (Lipinski definition) is 5. The van der Waals surface area contributed by atoms with Gasteiger partial charge in [0.25, 0.3) is 0 Å². The van der Waals surface area contributed by atoms with Crippen molar-refractivity contribution >= 4 is 5.91 Å².